The fourth-order valence-electron chi connectivity index (χ4n) is 5.07. The van der Waals surface area contributed by atoms with E-state index in [1.54, 1.807) is 7.11 Å². The quantitative estimate of drug-likeness (QED) is 0.400. The highest BCUT2D eigenvalue weighted by Gasteiger charge is 2.27. The second kappa shape index (κ2) is 11.9. The Morgan fingerprint density at radius 1 is 1.03 bits per heavy atom. The van der Waals surface area contributed by atoms with Gasteiger partial charge in [0.25, 0.3) is 5.91 Å². The van der Waals surface area contributed by atoms with Crippen LogP contribution < -0.4 is 9.64 Å². The van der Waals surface area contributed by atoms with Crippen molar-refractivity contribution in [3.8, 4) is 5.75 Å². The van der Waals surface area contributed by atoms with Crippen LogP contribution in [0, 0.1) is 0 Å². The fourth-order valence-corrected chi connectivity index (χ4v) is 5.32. The predicted octanol–water partition coefficient (Wildman–Crippen LogP) is 6.62. The molecule has 1 saturated heterocycles. The molecular weight excluding hydrogens is 446 g/mol. The number of piperidine rings is 1. The van der Waals surface area contributed by atoms with Crippen LogP contribution in [0.2, 0.25) is 5.02 Å². The van der Waals surface area contributed by atoms with E-state index in [1.165, 1.54) is 6.42 Å². The Bertz CT molecular complexity index is 929. The molecule has 1 fully saturated rings. The second-order valence-corrected chi connectivity index (χ2v) is 10.1. The summed E-state index contributed by atoms with van der Waals surface area (Å²) >= 11 is 6.52. The van der Waals surface area contributed by atoms with Gasteiger partial charge in [0.05, 0.1) is 12.1 Å². The average molecular weight is 486 g/mol. The number of carbonyl (C=O) groups is 1. The van der Waals surface area contributed by atoms with Gasteiger partial charge in [0, 0.05) is 48.2 Å². The summed E-state index contributed by atoms with van der Waals surface area (Å²) in [5.74, 6) is 0.745. The van der Waals surface area contributed by atoms with E-state index in [0.29, 0.717) is 16.8 Å². The number of methoxy groups -OCH3 is 1. The van der Waals surface area contributed by atoms with E-state index < -0.39 is 0 Å². The van der Waals surface area contributed by atoms with Gasteiger partial charge in [-0.1, -0.05) is 18.5 Å². The highest BCUT2D eigenvalue weighted by atomic mass is 35.5. The van der Waals surface area contributed by atoms with Crippen molar-refractivity contribution in [1.29, 1.82) is 0 Å². The third-order valence-electron chi connectivity index (χ3n) is 6.62. The minimum Gasteiger partial charge on any atom is -0.495 e. The van der Waals surface area contributed by atoms with E-state index in [1.807, 2.05) is 29.2 Å². The minimum atomic E-state index is 0.0727. The Morgan fingerprint density at radius 2 is 1.62 bits per heavy atom. The molecule has 3 rings (SSSR count). The number of hydrogen-bond donors (Lipinski definition) is 0. The number of nitrogens with zero attached hydrogens (tertiary/aromatic N) is 3. The predicted molar refractivity (Wildman–Crippen MR) is 143 cm³/mol. The van der Waals surface area contributed by atoms with Gasteiger partial charge >= 0.3 is 0 Å². The van der Waals surface area contributed by atoms with Crippen molar-refractivity contribution in [2.24, 2.45) is 0 Å². The van der Waals surface area contributed by atoms with Crippen molar-refractivity contribution in [1.82, 2.24) is 9.80 Å². The zero-order chi connectivity index (χ0) is 24.8. The van der Waals surface area contributed by atoms with Crippen LogP contribution >= 0.6 is 11.6 Å². The topological polar surface area (TPSA) is 36.0 Å². The van der Waals surface area contributed by atoms with Crippen molar-refractivity contribution >= 4 is 28.9 Å². The lowest BCUT2D eigenvalue weighted by Crippen LogP contribution is -2.43. The molecule has 1 aliphatic rings. The number of rotatable bonds is 9. The molecule has 0 saturated carbocycles. The maximum absolute atomic E-state index is 13.2. The average Bonchev–Trinajstić information content (AvgIpc) is 2.80. The maximum atomic E-state index is 13.2. The number of benzene rings is 2. The van der Waals surface area contributed by atoms with Crippen molar-refractivity contribution < 1.29 is 9.53 Å². The monoisotopic (exact) mass is 485 g/mol. The first-order valence-corrected chi connectivity index (χ1v) is 12.9. The first kappa shape index (κ1) is 26.4. The Morgan fingerprint density at radius 3 is 2.12 bits per heavy atom. The highest BCUT2D eigenvalue weighted by Crippen LogP contribution is 2.36. The van der Waals surface area contributed by atoms with Gasteiger partial charge in [0.15, 0.2) is 0 Å². The van der Waals surface area contributed by atoms with Gasteiger partial charge in [-0.3, -0.25) is 4.79 Å². The van der Waals surface area contributed by atoms with Crippen LogP contribution in [0.4, 0.5) is 11.4 Å². The molecule has 0 aliphatic carbocycles. The zero-order valence-corrected chi connectivity index (χ0v) is 22.3. The molecule has 0 N–H and O–H groups in total. The summed E-state index contributed by atoms with van der Waals surface area (Å²) in [6.07, 6.45) is 3.35. The van der Waals surface area contributed by atoms with E-state index in [2.05, 4.69) is 62.6 Å². The molecule has 0 bridgehead atoms. The van der Waals surface area contributed by atoms with Gasteiger partial charge < -0.3 is 19.4 Å². The Labute approximate surface area is 210 Å². The molecule has 0 aromatic heterocycles. The summed E-state index contributed by atoms with van der Waals surface area (Å²) in [5.41, 5.74) is 2.84. The summed E-state index contributed by atoms with van der Waals surface area (Å²) in [4.78, 5) is 20.0. The Kier molecular flexibility index (Phi) is 9.26. The smallest absolute Gasteiger partial charge is 0.254 e. The van der Waals surface area contributed by atoms with E-state index in [4.69, 9.17) is 16.3 Å². The number of carbonyl (C=O) groups excluding carboxylic acids is 1. The van der Waals surface area contributed by atoms with Crippen LogP contribution in [0.15, 0.2) is 42.5 Å². The normalized spacial score (nSPS) is 15.1. The van der Waals surface area contributed by atoms with Crippen LogP contribution in [0.25, 0.3) is 0 Å². The largest absolute Gasteiger partial charge is 0.495 e. The maximum Gasteiger partial charge on any atom is 0.254 e. The van der Waals surface area contributed by atoms with Crippen molar-refractivity contribution in [3.05, 3.63) is 53.1 Å². The first-order valence-electron chi connectivity index (χ1n) is 12.5. The number of anilines is 2. The van der Waals surface area contributed by atoms with E-state index >= 15 is 0 Å². The molecule has 5 nitrogen and oxygen atoms in total. The molecule has 1 amide bonds. The van der Waals surface area contributed by atoms with E-state index in [-0.39, 0.29) is 18.0 Å². The van der Waals surface area contributed by atoms with Gasteiger partial charge in [-0.15, -0.1) is 0 Å². The van der Waals surface area contributed by atoms with Crippen LogP contribution in [0.1, 0.15) is 64.2 Å². The third-order valence-corrected chi connectivity index (χ3v) is 6.91. The lowest BCUT2D eigenvalue weighted by molar-refractivity contribution is 0.0643. The number of halogens is 1. The van der Waals surface area contributed by atoms with Crippen LogP contribution in [-0.2, 0) is 0 Å². The summed E-state index contributed by atoms with van der Waals surface area (Å²) < 4.78 is 5.38. The molecule has 34 heavy (non-hydrogen) atoms. The van der Waals surface area contributed by atoms with Gasteiger partial charge in [0.1, 0.15) is 5.75 Å². The molecule has 0 radical (unpaired) electrons. The SMILES string of the molecule is CCCN1CCC(N(c2ccc(C(=O)N(C(C)C)C(C)C)cc2)c2ccc(OC)c(Cl)c2)CC1. The highest BCUT2D eigenvalue weighted by molar-refractivity contribution is 6.32. The molecule has 186 valence electrons. The van der Waals surface area contributed by atoms with Crippen molar-refractivity contribution in [3.63, 3.8) is 0 Å². The molecule has 0 unspecified atom stereocenters. The van der Waals surface area contributed by atoms with Gasteiger partial charge in [-0.25, -0.2) is 0 Å². The summed E-state index contributed by atoms with van der Waals surface area (Å²) in [6, 6.07) is 14.7. The molecule has 1 aliphatic heterocycles. The van der Waals surface area contributed by atoms with Crippen molar-refractivity contribution in [2.75, 3.05) is 31.6 Å². The van der Waals surface area contributed by atoms with Crippen LogP contribution in [-0.4, -0.2) is 60.6 Å². The minimum absolute atomic E-state index is 0.0727. The molecule has 6 heteroatoms. The summed E-state index contributed by atoms with van der Waals surface area (Å²) in [7, 11) is 1.63. The zero-order valence-electron chi connectivity index (χ0n) is 21.6. The van der Waals surface area contributed by atoms with Crippen LogP contribution in [0.5, 0.6) is 5.75 Å². The van der Waals surface area contributed by atoms with E-state index in [9.17, 15) is 4.79 Å². The number of hydrogen-bond acceptors (Lipinski definition) is 4. The molecule has 1 heterocycles. The molecule has 2 aromatic rings. The third kappa shape index (κ3) is 6.05. The lowest BCUT2D eigenvalue weighted by atomic mass is 10.0. The Hall–Kier alpha value is -2.24. The van der Waals surface area contributed by atoms with Gasteiger partial charge in [0.2, 0.25) is 0 Å². The summed E-state index contributed by atoms with van der Waals surface area (Å²) in [5, 5.41) is 0.602. The molecular formula is C28H40ClN3O2. The van der Waals surface area contributed by atoms with Crippen molar-refractivity contribution in [2.45, 2.75) is 72.0 Å². The van der Waals surface area contributed by atoms with Crippen LogP contribution in [0.3, 0.4) is 0 Å². The fraction of sp³-hybridized carbons (Fsp3) is 0.536. The molecule has 0 spiro atoms. The number of amides is 1. The molecule has 0 atom stereocenters. The van der Waals surface area contributed by atoms with Gasteiger partial charge in [-0.05, 0) is 96.0 Å². The number of ether oxygens (including phenoxy) is 1. The molecule has 2 aromatic carbocycles. The standard InChI is InChI=1S/C28H40ClN3O2/c1-7-16-30-17-14-24(15-18-30)32(25-12-13-27(34-6)26(29)19-25)23-10-8-22(9-11-23)28(33)31(20(2)3)21(4)5/h8-13,19-21,24H,7,14-18H2,1-6H3. The van der Waals surface area contributed by atoms with Gasteiger partial charge in [-0.2, -0.15) is 0 Å². The summed E-state index contributed by atoms with van der Waals surface area (Å²) in [6.45, 7) is 13.8. The second-order valence-electron chi connectivity index (χ2n) is 9.71. The first-order chi connectivity index (χ1) is 16.3. The Balaban J connectivity index is 1.92. The van der Waals surface area contributed by atoms with E-state index in [0.717, 1.165) is 49.4 Å². The lowest BCUT2D eigenvalue weighted by Gasteiger charge is -2.40. The number of likely N-dealkylation sites (tertiary alicyclic amines) is 1.